The first kappa shape index (κ1) is 14.9. The van der Waals surface area contributed by atoms with Crippen molar-refractivity contribution in [3.63, 3.8) is 0 Å². The number of nitrogens with zero attached hydrogens (tertiary/aromatic N) is 3. The van der Waals surface area contributed by atoms with E-state index < -0.39 is 0 Å². The fraction of sp³-hybridized carbons (Fsp3) is 0.300. The van der Waals surface area contributed by atoms with Crippen molar-refractivity contribution in [2.45, 2.75) is 26.2 Å². The van der Waals surface area contributed by atoms with Gasteiger partial charge in [-0.1, -0.05) is 12.1 Å². The third-order valence-corrected chi connectivity index (χ3v) is 4.77. The lowest BCUT2D eigenvalue weighted by molar-refractivity contribution is 0.578. The van der Waals surface area contributed by atoms with Crippen molar-refractivity contribution >= 4 is 16.6 Å². The minimum absolute atomic E-state index is 0.0103. The Bertz CT molecular complexity index is 922. The molecule has 0 N–H and O–H groups in total. The molecule has 122 valence electrons. The van der Waals surface area contributed by atoms with Crippen molar-refractivity contribution in [1.82, 2.24) is 9.55 Å². The van der Waals surface area contributed by atoms with E-state index in [0.717, 1.165) is 24.3 Å². The smallest absolute Gasteiger partial charge is 0.265 e. The van der Waals surface area contributed by atoms with Crippen LogP contribution < -0.4 is 10.5 Å². The molecule has 4 rings (SSSR count). The Morgan fingerprint density at radius 2 is 1.54 bits per heavy atom. The van der Waals surface area contributed by atoms with Gasteiger partial charge < -0.3 is 4.90 Å². The summed E-state index contributed by atoms with van der Waals surface area (Å²) in [7, 11) is 0. The molecule has 2 heterocycles. The van der Waals surface area contributed by atoms with Gasteiger partial charge in [-0.15, -0.1) is 0 Å². The van der Waals surface area contributed by atoms with Crippen LogP contribution in [0, 0.1) is 6.92 Å². The summed E-state index contributed by atoms with van der Waals surface area (Å²) in [4.78, 5) is 19.8. The van der Waals surface area contributed by atoms with Crippen LogP contribution in [-0.4, -0.2) is 22.6 Å². The molecule has 0 atom stereocenters. The first-order valence-corrected chi connectivity index (χ1v) is 8.58. The lowest BCUT2D eigenvalue weighted by Crippen LogP contribution is -2.29. The second-order valence-corrected chi connectivity index (χ2v) is 6.38. The quantitative estimate of drug-likeness (QED) is 0.723. The molecule has 0 radical (unpaired) electrons. The Morgan fingerprint density at radius 1 is 0.875 bits per heavy atom. The van der Waals surface area contributed by atoms with Crippen molar-refractivity contribution in [3.05, 3.63) is 64.7 Å². The van der Waals surface area contributed by atoms with Crippen LogP contribution in [0.25, 0.3) is 16.6 Å². The Labute approximate surface area is 141 Å². The third-order valence-electron chi connectivity index (χ3n) is 4.77. The maximum Gasteiger partial charge on any atom is 0.265 e. The molecule has 0 spiro atoms. The molecule has 0 aliphatic carbocycles. The summed E-state index contributed by atoms with van der Waals surface area (Å²) in [5, 5.41) is 0.656. The monoisotopic (exact) mass is 319 g/mol. The van der Waals surface area contributed by atoms with E-state index in [1.54, 1.807) is 4.57 Å². The highest BCUT2D eigenvalue weighted by atomic mass is 16.1. The topological polar surface area (TPSA) is 38.1 Å². The number of para-hydroxylation sites is 1. The molecule has 0 amide bonds. The second kappa shape index (κ2) is 6.11. The number of aromatic nitrogens is 2. The second-order valence-electron chi connectivity index (χ2n) is 6.38. The predicted molar refractivity (Wildman–Crippen MR) is 98.1 cm³/mol. The number of hydrogen-bond acceptors (Lipinski definition) is 3. The molecule has 4 nitrogen and oxygen atoms in total. The van der Waals surface area contributed by atoms with Gasteiger partial charge in [0.2, 0.25) is 0 Å². The maximum atomic E-state index is 12.8. The van der Waals surface area contributed by atoms with Crippen LogP contribution >= 0.6 is 0 Å². The van der Waals surface area contributed by atoms with Gasteiger partial charge in [0.05, 0.1) is 16.6 Å². The van der Waals surface area contributed by atoms with Crippen molar-refractivity contribution in [3.8, 4) is 5.69 Å². The third kappa shape index (κ3) is 2.58. The van der Waals surface area contributed by atoms with E-state index in [9.17, 15) is 4.79 Å². The fourth-order valence-electron chi connectivity index (χ4n) is 3.51. The van der Waals surface area contributed by atoms with E-state index in [1.807, 2.05) is 43.3 Å². The van der Waals surface area contributed by atoms with Gasteiger partial charge >= 0.3 is 0 Å². The Balaban J connectivity index is 1.76. The molecule has 1 fully saturated rings. The Hall–Kier alpha value is -2.62. The van der Waals surface area contributed by atoms with Crippen LogP contribution in [0.4, 0.5) is 5.69 Å². The van der Waals surface area contributed by atoms with Gasteiger partial charge in [0.25, 0.3) is 5.56 Å². The van der Waals surface area contributed by atoms with Crippen molar-refractivity contribution in [2.24, 2.45) is 0 Å². The first-order chi connectivity index (χ1) is 11.7. The van der Waals surface area contributed by atoms with Gasteiger partial charge in [0, 0.05) is 18.8 Å². The van der Waals surface area contributed by atoms with E-state index in [-0.39, 0.29) is 5.56 Å². The summed E-state index contributed by atoms with van der Waals surface area (Å²) in [6.07, 6.45) is 3.84. The van der Waals surface area contributed by atoms with Gasteiger partial charge in [-0.05, 0) is 62.6 Å². The highest BCUT2D eigenvalue weighted by molar-refractivity contribution is 5.77. The summed E-state index contributed by atoms with van der Waals surface area (Å²) in [6.45, 7) is 4.12. The molecule has 0 bridgehead atoms. The van der Waals surface area contributed by atoms with Gasteiger partial charge in [-0.25, -0.2) is 4.98 Å². The highest BCUT2D eigenvalue weighted by Gasteiger charge is 2.12. The van der Waals surface area contributed by atoms with Gasteiger partial charge in [0.15, 0.2) is 0 Å². The average Bonchev–Trinajstić information content (AvgIpc) is 2.63. The molecule has 0 saturated carbocycles. The number of anilines is 1. The summed E-state index contributed by atoms with van der Waals surface area (Å²) >= 11 is 0. The number of piperidine rings is 1. The minimum atomic E-state index is -0.0103. The summed E-state index contributed by atoms with van der Waals surface area (Å²) < 4.78 is 1.70. The zero-order valence-corrected chi connectivity index (χ0v) is 13.9. The summed E-state index contributed by atoms with van der Waals surface area (Å²) in [5.41, 5.74) is 2.85. The number of rotatable bonds is 2. The standard InChI is InChI=1S/C20H21N3O/c1-15-21-19-8-4-3-7-18(19)20(24)23(15)17-11-9-16(10-12-17)22-13-5-2-6-14-22/h3-4,7-12H,2,5-6,13-14H2,1H3. The first-order valence-electron chi connectivity index (χ1n) is 8.58. The fourth-order valence-corrected chi connectivity index (χ4v) is 3.51. The molecule has 0 unspecified atom stereocenters. The van der Waals surface area contributed by atoms with Crippen molar-refractivity contribution in [2.75, 3.05) is 18.0 Å². The SMILES string of the molecule is Cc1nc2ccccc2c(=O)n1-c1ccc(N2CCCCC2)cc1. The van der Waals surface area contributed by atoms with E-state index >= 15 is 0 Å². The molecule has 3 aromatic rings. The zero-order chi connectivity index (χ0) is 16.5. The van der Waals surface area contributed by atoms with Gasteiger partial charge in [-0.3, -0.25) is 9.36 Å². The lowest BCUT2D eigenvalue weighted by atomic mass is 10.1. The lowest BCUT2D eigenvalue weighted by Gasteiger charge is -2.29. The molecule has 1 aliphatic rings. The van der Waals surface area contributed by atoms with E-state index in [1.165, 1.54) is 24.9 Å². The van der Waals surface area contributed by atoms with E-state index in [0.29, 0.717) is 11.2 Å². The highest BCUT2D eigenvalue weighted by Crippen LogP contribution is 2.21. The molecule has 1 aliphatic heterocycles. The average molecular weight is 319 g/mol. The van der Waals surface area contributed by atoms with Crippen molar-refractivity contribution < 1.29 is 0 Å². The molecular formula is C20H21N3O. The number of benzene rings is 2. The van der Waals surface area contributed by atoms with Crippen LogP contribution in [0.2, 0.25) is 0 Å². The normalized spacial score (nSPS) is 15.0. The Kier molecular flexibility index (Phi) is 3.81. The van der Waals surface area contributed by atoms with Gasteiger partial charge in [0.1, 0.15) is 5.82 Å². The number of fused-ring (bicyclic) bond motifs is 1. The van der Waals surface area contributed by atoms with Crippen LogP contribution in [0.15, 0.2) is 53.3 Å². The number of hydrogen-bond donors (Lipinski definition) is 0. The van der Waals surface area contributed by atoms with Crippen LogP contribution in [0.5, 0.6) is 0 Å². The zero-order valence-electron chi connectivity index (χ0n) is 13.9. The van der Waals surface area contributed by atoms with E-state index in [2.05, 4.69) is 22.0 Å². The van der Waals surface area contributed by atoms with Crippen molar-refractivity contribution in [1.29, 1.82) is 0 Å². The van der Waals surface area contributed by atoms with E-state index in [4.69, 9.17) is 0 Å². The number of aryl methyl sites for hydroxylation is 1. The largest absolute Gasteiger partial charge is 0.372 e. The van der Waals surface area contributed by atoms with Crippen LogP contribution in [-0.2, 0) is 0 Å². The van der Waals surface area contributed by atoms with Gasteiger partial charge in [-0.2, -0.15) is 0 Å². The van der Waals surface area contributed by atoms with Crippen LogP contribution in [0.3, 0.4) is 0 Å². The Morgan fingerprint density at radius 3 is 2.29 bits per heavy atom. The van der Waals surface area contributed by atoms with Crippen LogP contribution in [0.1, 0.15) is 25.1 Å². The summed E-state index contributed by atoms with van der Waals surface area (Å²) in [5.74, 6) is 0.712. The molecule has 1 aromatic heterocycles. The molecule has 2 aromatic carbocycles. The summed E-state index contributed by atoms with van der Waals surface area (Å²) in [6, 6.07) is 15.8. The molecule has 4 heteroatoms. The minimum Gasteiger partial charge on any atom is -0.372 e. The molecule has 1 saturated heterocycles. The molecular weight excluding hydrogens is 298 g/mol. The maximum absolute atomic E-state index is 12.8. The predicted octanol–water partition coefficient (Wildman–Crippen LogP) is 3.68. The molecule has 24 heavy (non-hydrogen) atoms.